The Balaban J connectivity index is 1.24. The molecule has 4 atom stereocenters. The van der Waals surface area contributed by atoms with Crippen molar-refractivity contribution in [3.8, 4) is 0 Å². The Hall–Kier alpha value is -1.77. The summed E-state index contributed by atoms with van der Waals surface area (Å²) in [4.78, 5) is 44.4. The van der Waals surface area contributed by atoms with Gasteiger partial charge in [-0.05, 0) is 97.8 Å². The Labute approximate surface area is 213 Å². The zero-order valence-corrected chi connectivity index (χ0v) is 22.9. The van der Waals surface area contributed by atoms with Gasteiger partial charge in [0.15, 0.2) is 5.17 Å². The van der Waals surface area contributed by atoms with Crippen LogP contribution in [0.4, 0.5) is 4.79 Å². The van der Waals surface area contributed by atoms with Crippen LogP contribution in [-0.2, 0) is 14.3 Å². The average molecular weight is 507 g/mol. The van der Waals surface area contributed by atoms with Gasteiger partial charge in [-0.1, -0.05) is 18.2 Å². The molecule has 0 aromatic carbocycles. The fourth-order valence-electron chi connectivity index (χ4n) is 6.16. The lowest BCUT2D eigenvalue weighted by Gasteiger charge is -2.38. The van der Waals surface area contributed by atoms with Crippen LogP contribution < -0.4 is 10.6 Å². The summed E-state index contributed by atoms with van der Waals surface area (Å²) >= 11 is 1.60. The van der Waals surface area contributed by atoms with E-state index in [1.807, 2.05) is 11.8 Å². The SMILES string of the molecule is CC(C)(C)OC(=O)NC(C)(C)C(=O)N1CCC(CC2(C)SC(N[C@H]3C[C@@H]4CC[C@H]3C4)=NC2=O)CC1. The van der Waals surface area contributed by atoms with E-state index in [9.17, 15) is 14.4 Å². The summed E-state index contributed by atoms with van der Waals surface area (Å²) in [5.74, 6) is 1.80. The molecule has 0 aromatic rings. The number of aliphatic imine (C=N–C) groups is 1. The molecule has 35 heavy (non-hydrogen) atoms. The molecule has 3 fully saturated rings. The number of ether oxygens (including phenoxy) is 1. The first-order valence-corrected chi connectivity index (χ1v) is 13.9. The van der Waals surface area contributed by atoms with Crippen LogP contribution in [0.5, 0.6) is 0 Å². The number of nitrogens with one attached hydrogen (secondary N) is 2. The number of fused-ring (bicyclic) bond motifs is 2. The first-order valence-electron chi connectivity index (χ1n) is 13.1. The normalized spacial score (nSPS) is 31.5. The van der Waals surface area contributed by atoms with E-state index in [0.29, 0.717) is 25.0 Å². The van der Waals surface area contributed by atoms with Crippen molar-refractivity contribution < 1.29 is 19.1 Å². The molecular weight excluding hydrogens is 464 g/mol. The van der Waals surface area contributed by atoms with E-state index in [-0.39, 0.29) is 11.8 Å². The highest BCUT2D eigenvalue weighted by atomic mass is 32.2. The Kier molecular flexibility index (Phi) is 7.21. The largest absolute Gasteiger partial charge is 0.444 e. The van der Waals surface area contributed by atoms with Crippen LogP contribution in [-0.4, -0.2) is 63.0 Å². The second-order valence-corrected chi connectivity index (χ2v) is 14.2. The topological polar surface area (TPSA) is 100 Å². The van der Waals surface area contributed by atoms with Gasteiger partial charge in [0.25, 0.3) is 5.91 Å². The number of hydrogen-bond acceptors (Lipinski definition) is 6. The lowest BCUT2D eigenvalue weighted by atomic mass is 9.86. The molecule has 1 saturated heterocycles. The maximum Gasteiger partial charge on any atom is 0.408 e. The maximum absolute atomic E-state index is 13.1. The summed E-state index contributed by atoms with van der Waals surface area (Å²) < 4.78 is 4.78. The predicted octanol–water partition coefficient (Wildman–Crippen LogP) is 4.08. The smallest absolute Gasteiger partial charge is 0.408 e. The average Bonchev–Trinajstić information content (AvgIpc) is 3.41. The number of thioether (sulfide) groups is 1. The third-order valence-corrected chi connectivity index (χ3v) is 9.15. The molecule has 4 aliphatic rings. The molecule has 2 heterocycles. The minimum Gasteiger partial charge on any atom is -0.444 e. The maximum atomic E-state index is 13.1. The third-order valence-electron chi connectivity index (χ3n) is 7.95. The highest BCUT2D eigenvalue weighted by molar-refractivity contribution is 8.16. The Morgan fingerprint density at radius 3 is 2.37 bits per heavy atom. The van der Waals surface area contributed by atoms with Crippen molar-refractivity contribution in [2.75, 3.05) is 13.1 Å². The number of carbonyl (C=O) groups is 3. The minimum atomic E-state index is -1.05. The lowest BCUT2D eigenvalue weighted by Crippen LogP contribution is -2.58. The first kappa shape index (κ1) is 26.3. The standard InChI is InChI=1S/C26H42N4O4S/c1-24(2,3)34-23(33)29-25(4,5)21(32)30-11-9-16(10-12-30)15-26(6)20(31)28-22(35-26)27-19-14-17-7-8-18(19)13-17/h16-19H,7-15H2,1-6H3,(H,29,33)(H,27,28,31)/t17-,18+,19+,26?/m1/s1. The summed E-state index contributed by atoms with van der Waals surface area (Å²) in [6.07, 6.45) is 7.04. The Morgan fingerprint density at radius 1 is 1.11 bits per heavy atom. The molecule has 9 heteroatoms. The summed E-state index contributed by atoms with van der Waals surface area (Å²) in [6, 6.07) is 0.474. The van der Waals surface area contributed by atoms with E-state index in [0.717, 1.165) is 36.3 Å². The van der Waals surface area contributed by atoms with Gasteiger partial charge in [-0.3, -0.25) is 9.59 Å². The zero-order chi connectivity index (χ0) is 25.6. The van der Waals surface area contributed by atoms with E-state index < -0.39 is 22.0 Å². The number of piperidine rings is 1. The Morgan fingerprint density at radius 2 is 1.80 bits per heavy atom. The monoisotopic (exact) mass is 506 g/mol. The fourth-order valence-corrected chi connectivity index (χ4v) is 7.38. The summed E-state index contributed by atoms with van der Waals surface area (Å²) in [6.45, 7) is 12.1. The zero-order valence-electron chi connectivity index (χ0n) is 22.1. The third kappa shape index (κ3) is 6.15. The molecule has 2 saturated carbocycles. The first-order chi connectivity index (χ1) is 16.2. The van der Waals surface area contributed by atoms with Gasteiger partial charge in [0.2, 0.25) is 5.91 Å². The quantitative estimate of drug-likeness (QED) is 0.583. The number of amidine groups is 1. The van der Waals surface area contributed by atoms with Crippen LogP contribution in [0.15, 0.2) is 4.99 Å². The van der Waals surface area contributed by atoms with Gasteiger partial charge in [0.05, 0.1) is 0 Å². The highest BCUT2D eigenvalue weighted by Crippen LogP contribution is 2.46. The van der Waals surface area contributed by atoms with Gasteiger partial charge in [-0.15, -0.1) is 0 Å². The summed E-state index contributed by atoms with van der Waals surface area (Å²) in [5, 5.41) is 7.11. The van der Waals surface area contributed by atoms with Gasteiger partial charge in [0, 0.05) is 19.1 Å². The van der Waals surface area contributed by atoms with Crippen molar-refractivity contribution in [2.45, 2.75) is 108 Å². The van der Waals surface area contributed by atoms with Crippen molar-refractivity contribution in [3.63, 3.8) is 0 Å². The minimum absolute atomic E-state index is 0.0330. The number of hydrogen-bond donors (Lipinski definition) is 2. The molecule has 1 unspecified atom stereocenters. The van der Waals surface area contributed by atoms with Crippen molar-refractivity contribution in [1.82, 2.24) is 15.5 Å². The van der Waals surface area contributed by atoms with Crippen LogP contribution in [0.25, 0.3) is 0 Å². The van der Waals surface area contributed by atoms with E-state index in [4.69, 9.17) is 4.74 Å². The number of amides is 3. The van der Waals surface area contributed by atoms with Gasteiger partial charge < -0.3 is 20.3 Å². The van der Waals surface area contributed by atoms with E-state index in [1.54, 1.807) is 46.4 Å². The molecule has 2 aliphatic heterocycles. The lowest BCUT2D eigenvalue weighted by molar-refractivity contribution is -0.138. The van der Waals surface area contributed by atoms with Crippen molar-refractivity contribution in [3.05, 3.63) is 0 Å². The van der Waals surface area contributed by atoms with Crippen LogP contribution in [0, 0.1) is 17.8 Å². The van der Waals surface area contributed by atoms with E-state index in [2.05, 4.69) is 15.6 Å². The number of alkyl carbamates (subject to hydrolysis) is 1. The molecule has 0 radical (unpaired) electrons. The molecule has 8 nitrogen and oxygen atoms in total. The van der Waals surface area contributed by atoms with Crippen LogP contribution >= 0.6 is 11.8 Å². The van der Waals surface area contributed by atoms with E-state index in [1.165, 1.54) is 25.7 Å². The molecule has 0 spiro atoms. The highest BCUT2D eigenvalue weighted by Gasteiger charge is 2.46. The molecule has 4 rings (SSSR count). The molecule has 2 aliphatic carbocycles. The van der Waals surface area contributed by atoms with Gasteiger partial charge >= 0.3 is 6.09 Å². The van der Waals surface area contributed by atoms with Gasteiger partial charge in [0.1, 0.15) is 15.9 Å². The summed E-state index contributed by atoms with van der Waals surface area (Å²) in [5.41, 5.74) is -1.67. The van der Waals surface area contributed by atoms with Crippen LogP contribution in [0.1, 0.15) is 86.5 Å². The number of nitrogens with zero attached hydrogens (tertiary/aromatic N) is 2. The van der Waals surface area contributed by atoms with Crippen molar-refractivity contribution in [2.24, 2.45) is 22.7 Å². The second kappa shape index (κ2) is 9.60. The second-order valence-electron chi connectivity index (χ2n) is 12.7. The fraction of sp³-hybridized carbons (Fsp3) is 0.846. The molecule has 2 N–H and O–H groups in total. The molecule has 2 bridgehead atoms. The van der Waals surface area contributed by atoms with Crippen LogP contribution in [0.2, 0.25) is 0 Å². The van der Waals surface area contributed by atoms with Crippen LogP contribution in [0.3, 0.4) is 0 Å². The molecule has 0 aromatic heterocycles. The Bertz CT molecular complexity index is 890. The van der Waals surface area contributed by atoms with Gasteiger partial charge in [-0.25, -0.2) is 4.79 Å². The molecular formula is C26H42N4O4S. The number of likely N-dealkylation sites (tertiary alicyclic amines) is 1. The van der Waals surface area contributed by atoms with Crippen molar-refractivity contribution in [1.29, 1.82) is 0 Å². The summed E-state index contributed by atoms with van der Waals surface area (Å²) in [7, 11) is 0. The molecule has 196 valence electrons. The molecule has 3 amide bonds. The number of carbonyl (C=O) groups excluding carboxylic acids is 3. The van der Waals surface area contributed by atoms with Crippen molar-refractivity contribution >= 4 is 34.8 Å². The van der Waals surface area contributed by atoms with Gasteiger partial charge in [-0.2, -0.15) is 4.99 Å². The predicted molar refractivity (Wildman–Crippen MR) is 138 cm³/mol. The number of rotatable bonds is 5. The van der Waals surface area contributed by atoms with E-state index >= 15 is 0 Å².